The average Bonchev–Trinajstić information content (AvgIpc) is 2.15. The minimum Gasteiger partial charge on any atom is -0.352 e. The third-order valence-corrected chi connectivity index (χ3v) is 2.93. The van der Waals surface area contributed by atoms with Crippen LogP contribution in [0, 0.1) is 0 Å². The van der Waals surface area contributed by atoms with Crippen molar-refractivity contribution in [2.45, 2.75) is 32.7 Å². The average molecular weight is 192 g/mol. The van der Waals surface area contributed by atoms with E-state index in [0.717, 1.165) is 6.42 Å². The molecule has 1 fully saturated rings. The summed E-state index contributed by atoms with van der Waals surface area (Å²) in [5.41, 5.74) is 0. The molecule has 1 saturated heterocycles. The Labute approximate surface area is 75.9 Å². The van der Waals surface area contributed by atoms with Crippen LogP contribution in [0.15, 0.2) is 0 Å². The van der Waals surface area contributed by atoms with E-state index in [0.29, 0.717) is 18.1 Å². The molecule has 0 aromatic heterocycles. The second-order valence-corrected chi connectivity index (χ2v) is 4.82. The SMILES string of the molecule is CC(C)O[C@H]1CCS(=O)CCO1. The van der Waals surface area contributed by atoms with Crippen molar-refractivity contribution in [3.8, 4) is 0 Å². The Balaban J connectivity index is 2.30. The van der Waals surface area contributed by atoms with E-state index in [1.807, 2.05) is 13.8 Å². The molecule has 4 heteroatoms. The maximum absolute atomic E-state index is 11.1. The molecule has 72 valence electrons. The molecule has 2 atom stereocenters. The van der Waals surface area contributed by atoms with E-state index in [4.69, 9.17) is 9.47 Å². The Bertz CT molecular complexity index is 158. The minimum absolute atomic E-state index is 0.142. The standard InChI is InChI=1S/C8H16O3S/c1-7(2)11-8-3-5-12(9)6-4-10-8/h7-8H,3-6H2,1-2H3/t8-,12?/m0/s1. The highest BCUT2D eigenvalue weighted by Gasteiger charge is 2.17. The summed E-state index contributed by atoms with van der Waals surface area (Å²) in [5.74, 6) is 1.36. The van der Waals surface area contributed by atoms with Crippen molar-refractivity contribution in [1.82, 2.24) is 0 Å². The second-order valence-electron chi connectivity index (χ2n) is 3.12. The molecule has 0 saturated carbocycles. The fourth-order valence-electron chi connectivity index (χ4n) is 1.10. The third kappa shape index (κ3) is 3.65. The third-order valence-electron chi connectivity index (χ3n) is 1.62. The maximum atomic E-state index is 11.1. The van der Waals surface area contributed by atoms with Gasteiger partial charge in [0.1, 0.15) is 0 Å². The molecular formula is C8H16O3S. The summed E-state index contributed by atoms with van der Waals surface area (Å²) >= 11 is 0. The highest BCUT2D eigenvalue weighted by molar-refractivity contribution is 7.85. The first-order valence-electron chi connectivity index (χ1n) is 4.30. The predicted molar refractivity (Wildman–Crippen MR) is 48.5 cm³/mol. The minimum atomic E-state index is -0.698. The first kappa shape index (κ1) is 10.2. The van der Waals surface area contributed by atoms with Gasteiger partial charge in [-0.3, -0.25) is 4.21 Å². The number of rotatable bonds is 2. The van der Waals surface area contributed by atoms with Crippen LogP contribution in [0.3, 0.4) is 0 Å². The van der Waals surface area contributed by atoms with Gasteiger partial charge in [-0.25, -0.2) is 0 Å². The molecule has 3 nitrogen and oxygen atoms in total. The van der Waals surface area contributed by atoms with Crippen LogP contribution in [0.2, 0.25) is 0 Å². The highest BCUT2D eigenvalue weighted by atomic mass is 32.2. The van der Waals surface area contributed by atoms with Crippen LogP contribution in [0.5, 0.6) is 0 Å². The lowest BCUT2D eigenvalue weighted by atomic mass is 10.4. The van der Waals surface area contributed by atoms with Crippen molar-refractivity contribution < 1.29 is 13.7 Å². The number of hydrogen-bond acceptors (Lipinski definition) is 3. The molecule has 0 aromatic rings. The van der Waals surface area contributed by atoms with Crippen molar-refractivity contribution in [2.75, 3.05) is 18.1 Å². The molecule has 0 N–H and O–H groups in total. The van der Waals surface area contributed by atoms with E-state index in [1.54, 1.807) is 0 Å². The van der Waals surface area contributed by atoms with Crippen molar-refractivity contribution in [1.29, 1.82) is 0 Å². The molecule has 1 aliphatic rings. The summed E-state index contributed by atoms with van der Waals surface area (Å²) in [5, 5.41) is 0. The van der Waals surface area contributed by atoms with E-state index in [2.05, 4.69) is 0 Å². The van der Waals surface area contributed by atoms with Crippen LogP contribution < -0.4 is 0 Å². The molecular weight excluding hydrogens is 176 g/mol. The van der Waals surface area contributed by atoms with E-state index >= 15 is 0 Å². The summed E-state index contributed by atoms with van der Waals surface area (Å²) in [7, 11) is -0.698. The summed E-state index contributed by atoms with van der Waals surface area (Å²) in [6.45, 7) is 4.51. The zero-order chi connectivity index (χ0) is 8.97. The molecule has 0 spiro atoms. The fraction of sp³-hybridized carbons (Fsp3) is 1.00. The molecule has 1 rings (SSSR count). The first-order valence-corrected chi connectivity index (χ1v) is 5.79. The van der Waals surface area contributed by atoms with Crippen LogP contribution in [0.4, 0.5) is 0 Å². The van der Waals surface area contributed by atoms with Crippen molar-refractivity contribution in [2.24, 2.45) is 0 Å². The summed E-state index contributed by atoms with van der Waals surface area (Å²) < 4.78 is 21.9. The number of ether oxygens (including phenoxy) is 2. The normalized spacial score (nSPS) is 31.9. The van der Waals surface area contributed by atoms with Crippen molar-refractivity contribution >= 4 is 10.8 Å². The highest BCUT2D eigenvalue weighted by Crippen LogP contribution is 2.09. The number of hydrogen-bond donors (Lipinski definition) is 0. The molecule has 0 amide bonds. The van der Waals surface area contributed by atoms with Gasteiger partial charge in [-0.1, -0.05) is 0 Å². The zero-order valence-corrected chi connectivity index (χ0v) is 8.43. The van der Waals surface area contributed by atoms with Gasteiger partial charge < -0.3 is 9.47 Å². The van der Waals surface area contributed by atoms with E-state index in [1.165, 1.54) is 0 Å². The smallest absolute Gasteiger partial charge is 0.158 e. The van der Waals surface area contributed by atoms with Gasteiger partial charge in [-0.2, -0.15) is 0 Å². The topological polar surface area (TPSA) is 35.5 Å². The first-order chi connectivity index (χ1) is 5.68. The Morgan fingerprint density at radius 1 is 1.50 bits per heavy atom. The fourth-order valence-corrected chi connectivity index (χ4v) is 2.04. The lowest BCUT2D eigenvalue weighted by Gasteiger charge is -2.17. The van der Waals surface area contributed by atoms with E-state index < -0.39 is 10.8 Å². The molecule has 1 aliphatic heterocycles. The van der Waals surface area contributed by atoms with Gasteiger partial charge in [0.2, 0.25) is 0 Å². The molecule has 0 radical (unpaired) electrons. The monoisotopic (exact) mass is 192 g/mol. The van der Waals surface area contributed by atoms with Gasteiger partial charge in [-0.05, 0) is 13.8 Å². The Kier molecular flexibility index (Phi) is 4.18. The van der Waals surface area contributed by atoms with E-state index in [9.17, 15) is 4.21 Å². The van der Waals surface area contributed by atoms with Gasteiger partial charge in [0.25, 0.3) is 0 Å². The van der Waals surface area contributed by atoms with Crippen molar-refractivity contribution in [3.63, 3.8) is 0 Å². The molecule has 1 unspecified atom stereocenters. The summed E-state index contributed by atoms with van der Waals surface area (Å²) in [4.78, 5) is 0. The van der Waals surface area contributed by atoms with Crippen LogP contribution in [0.25, 0.3) is 0 Å². The van der Waals surface area contributed by atoms with Crippen LogP contribution >= 0.6 is 0 Å². The van der Waals surface area contributed by atoms with Gasteiger partial charge in [0, 0.05) is 28.7 Å². The quantitative estimate of drug-likeness (QED) is 0.652. The van der Waals surface area contributed by atoms with Crippen molar-refractivity contribution in [3.05, 3.63) is 0 Å². The van der Waals surface area contributed by atoms with Gasteiger partial charge >= 0.3 is 0 Å². The van der Waals surface area contributed by atoms with Gasteiger partial charge in [-0.15, -0.1) is 0 Å². The Hall–Kier alpha value is 0.0700. The lowest BCUT2D eigenvalue weighted by molar-refractivity contribution is -0.158. The molecule has 0 bridgehead atoms. The predicted octanol–water partition coefficient (Wildman–Crippen LogP) is 0.907. The van der Waals surface area contributed by atoms with Crippen LogP contribution in [0.1, 0.15) is 20.3 Å². The summed E-state index contributed by atoms with van der Waals surface area (Å²) in [6, 6.07) is 0. The maximum Gasteiger partial charge on any atom is 0.158 e. The summed E-state index contributed by atoms with van der Waals surface area (Å²) in [6.07, 6.45) is 0.795. The van der Waals surface area contributed by atoms with Gasteiger partial charge in [0.15, 0.2) is 6.29 Å². The van der Waals surface area contributed by atoms with Crippen LogP contribution in [-0.2, 0) is 20.3 Å². The Morgan fingerprint density at radius 3 is 2.92 bits per heavy atom. The Morgan fingerprint density at radius 2 is 2.25 bits per heavy atom. The zero-order valence-electron chi connectivity index (χ0n) is 7.62. The molecule has 0 aliphatic carbocycles. The largest absolute Gasteiger partial charge is 0.352 e. The second kappa shape index (κ2) is 4.94. The van der Waals surface area contributed by atoms with Crippen LogP contribution in [-0.4, -0.2) is 34.7 Å². The molecule has 0 aromatic carbocycles. The van der Waals surface area contributed by atoms with E-state index in [-0.39, 0.29) is 12.4 Å². The molecule has 1 heterocycles. The van der Waals surface area contributed by atoms with Gasteiger partial charge in [0.05, 0.1) is 12.7 Å². The lowest BCUT2D eigenvalue weighted by Crippen LogP contribution is -2.21. The molecule has 12 heavy (non-hydrogen) atoms.